The summed E-state index contributed by atoms with van der Waals surface area (Å²) in [5, 5.41) is 24.6. The number of rotatable bonds is 13. The molecule has 0 unspecified atom stereocenters. The maximum absolute atomic E-state index is 13.9. The van der Waals surface area contributed by atoms with Gasteiger partial charge in [-0.1, -0.05) is 97.1 Å². The van der Waals surface area contributed by atoms with Gasteiger partial charge in [0.05, 0.1) is 12.8 Å². The molecule has 0 aromatic heterocycles. The minimum atomic E-state index is -0.816. The standard InChI is InChI=1S/C41H47N3O6/c45-24-8-14-36-29-43(39(47)28-33-16-19-34-12-4-5-13-35(34)26-33)22-6-7-23-44(38(15-9-25-46)41(49)42-36)40(48)27-31-17-20-37(21-18-31)50-30-32-10-2-1-3-11-32/h1-7,10-13,16-21,26,36,38,45-46H,8-9,14-15,22-25,27-30H2,(H,42,49)/b7-6+/t36-,38+/m1/s1. The number of hydrogen-bond donors (Lipinski definition) is 3. The van der Waals surface area contributed by atoms with E-state index in [2.05, 4.69) is 5.32 Å². The van der Waals surface area contributed by atoms with Gasteiger partial charge in [-0.05, 0) is 65.3 Å². The van der Waals surface area contributed by atoms with Gasteiger partial charge in [0.15, 0.2) is 0 Å². The molecule has 262 valence electrons. The predicted octanol–water partition coefficient (Wildman–Crippen LogP) is 4.83. The summed E-state index contributed by atoms with van der Waals surface area (Å²) in [6, 6.07) is 30.0. The Morgan fingerprint density at radius 3 is 2.14 bits per heavy atom. The lowest BCUT2D eigenvalue weighted by Crippen LogP contribution is -2.54. The van der Waals surface area contributed by atoms with E-state index in [-0.39, 0.29) is 63.3 Å². The molecule has 1 aliphatic heterocycles. The number of hydrogen-bond acceptors (Lipinski definition) is 6. The first-order valence-corrected chi connectivity index (χ1v) is 17.4. The van der Waals surface area contributed by atoms with Crippen molar-refractivity contribution in [2.75, 3.05) is 32.8 Å². The Morgan fingerprint density at radius 2 is 1.38 bits per heavy atom. The van der Waals surface area contributed by atoms with Crippen molar-refractivity contribution >= 4 is 28.5 Å². The monoisotopic (exact) mass is 677 g/mol. The highest BCUT2D eigenvalue weighted by Gasteiger charge is 2.31. The summed E-state index contributed by atoms with van der Waals surface area (Å²) < 4.78 is 5.90. The first-order valence-electron chi connectivity index (χ1n) is 17.4. The lowest BCUT2D eigenvalue weighted by atomic mass is 10.0. The molecule has 0 fully saturated rings. The van der Waals surface area contributed by atoms with Crippen LogP contribution < -0.4 is 10.1 Å². The van der Waals surface area contributed by atoms with Gasteiger partial charge in [0.25, 0.3) is 0 Å². The van der Waals surface area contributed by atoms with E-state index in [0.717, 1.165) is 27.5 Å². The van der Waals surface area contributed by atoms with Gasteiger partial charge in [-0.2, -0.15) is 0 Å². The topological polar surface area (TPSA) is 119 Å². The Morgan fingerprint density at radius 1 is 0.720 bits per heavy atom. The van der Waals surface area contributed by atoms with Crippen molar-refractivity contribution in [1.29, 1.82) is 0 Å². The molecule has 0 bridgehead atoms. The van der Waals surface area contributed by atoms with Crippen LogP contribution in [0.2, 0.25) is 0 Å². The summed E-state index contributed by atoms with van der Waals surface area (Å²) in [7, 11) is 0. The second-order valence-electron chi connectivity index (χ2n) is 12.7. The summed E-state index contributed by atoms with van der Waals surface area (Å²) in [4.78, 5) is 44.8. The number of carbonyl (C=O) groups excluding carboxylic acids is 3. The molecule has 0 aliphatic carbocycles. The lowest BCUT2D eigenvalue weighted by Gasteiger charge is -2.32. The largest absolute Gasteiger partial charge is 0.489 e. The molecule has 50 heavy (non-hydrogen) atoms. The third kappa shape index (κ3) is 10.5. The van der Waals surface area contributed by atoms with Crippen LogP contribution in [0.4, 0.5) is 0 Å². The van der Waals surface area contributed by atoms with Crippen molar-refractivity contribution in [1.82, 2.24) is 15.1 Å². The molecule has 5 rings (SSSR count). The van der Waals surface area contributed by atoms with Crippen LogP contribution in [0, 0.1) is 0 Å². The summed E-state index contributed by atoms with van der Waals surface area (Å²) >= 11 is 0. The third-order valence-corrected chi connectivity index (χ3v) is 8.98. The SMILES string of the molecule is O=C1N[C@H](CCCO)CN(C(=O)Cc2ccc3ccccc3c2)C/C=C/CN(C(=O)Cc2ccc(OCc3ccccc3)cc2)[C@H]1CCCO. The normalized spacial score (nSPS) is 17.5. The van der Waals surface area contributed by atoms with Crippen LogP contribution in [0.5, 0.6) is 5.75 Å². The molecule has 1 aliphatic rings. The van der Waals surface area contributed by atoms with Gasteiger partial charge in [0.2, 0.25) is 17.7 Å². The highest BCUT2D eigenvalue weighted by Crippen LogP contribution is 2.19. The maximum Gasteiger partial charge on any atom is 0.243 e. The van der Waals surface area contributed by atoms with Gasteiger partial charge in [-0.25, -0.2) is 0 Å². The van der Waals surface area contributed by atoms with E-state index in [9.17, 15) is 24.6 Å². The number of carbonyl (C=O) groups is 3. The minimum Gasteiger partial charge on any atom is -0.489 e. The number of benzene rings is 4. The van der Waals surface area contributed by atoms with Crippen LogP contribution in [-0.4, -0.2) is 82.7 Å². The van der Waals surface area contributed by atoms with E-state index >= 15 is 0 Å². The molecule has 0 saturated heterocycles. The highest BCUT2D eigenvalue weighted by molar-refractivity contribution is 5.89. The zero-order valence-corrected chi connectivity index (χ0v) is 28.5. The Balaban J connectivity index is 1.31. The Labute approximate surface area is 294 Å². The third-order valence-electron chi connectivity index (χ3n) is 8.98. The number of nitrogens with zero attached hydrogens (tertiary/aromatic N) is 2. The number of nitrogens with one attached hydrogen (secondary N) is 1. The summed E-state index contributed by atoms with van der Waals surface area (Å²) in [6.45, 7) is 1.03. The number of aliphatic hydroxyl groups excluding tert-OH is 2. The molecule has 1 heterocycles. The van der Waals surface area contributed by atoms with E-state index in [0.29, 0.717) is 38.2 Å². The fraction of sp³-hybridized carbons (Fsp3) is 0.341. The number of fused-ring (bicyclic) bond motifs is 1. The van der Waals surface area contributed by atoms with E-state index in [1.807, 2.05) is 109 Å². The number of amides is 3. The summed E-state index contributed by atoms with van der Waals surface area (Å²) in [6.07, 6.45) is 5.54. The smallest absolute Gasteiger partial charge is 0.243 e. The Bertz CT molecular complexity index is 1730. The number of ether oxygens (including phenoxy) is 1. The van der Waals surface area contributed by atoms with Gasteiger partial charge < -0.3 is 30.1 Å². The second-order valence-corrected chi connectivity index (χ2v) is 12.7. The molecule has 2 atom stereocenters. The molecule has 3 N–H and O–H groups in total. The van der Waals surface area contributed by atoms with Crippen LogP contribution in [0.15, 0.2) is 109 Å². The second kappa shape index (κ2) is 18.7. The molecular formula is C41H47N3O6. The number of aliphatic hydroxyl groups is 2. The van der Waals surface area contributed by atoms with Crippen molar-refractivity contribution in [3.05, 3.63) is 126 Å². The molecule has 0 spiro atoms. The average Bonchev–Trinajstić information content (AvgIpc) is 3.16. The van der Waals surface area contributed by atoms with Crippen molar-refractivity contribution in [3.8, 4) is 5.75 Å². The van der Waals surface area contributed by atoms with Crippen LogP contribution in [0.25, 0.3) is 10.8 Å². The molecule has 3 amide bonds. The van der Waals surface area contributed by atoms with Gasteiger partial charge in [-0.3, -0.25) is 14.4 Å². The zero-order chi connectivity index (χ0) is 35.1. The van der Waals surface area contributed by atoms with E-state index in [4.69, 9.17) is 4.74 Å². The van der Waals surface area contributed by atoms with Crippen LogP contribution in [-0.2, 0) is 33.8 Å². The van der Waals surface area contributed by atoms with Gasteiger partial charge >= 0.3 is 0 Å². The molecule has 0 saturated carbocycles. The maximum atomic E-state index is 13.9. The minimum absolute atomic E-state index is 0.0497. The van der Waals surface area contributed by atoms with Crippen LogP contribution in [0.1, 0.15) is 42.4 Å². The van der Waals surface area contributed by atoms with Crippen LogP contribution >= 0.6 is 0 Å². The summed E-state index contributed by atoms with van der Waals surface area (Å²) in [5.74, 6) is 0.0585. The van der Waals surface area contributed by atoms with Crippen molar-refractivity contribution < 1.29 is 29.3 Å². The van der Waals surface area contributed by atoms with E-state index < -0.39 is 12.1 Å². The molecule has 0 radical (unpaired) electrons. The summed E-state index contributed by atoms with van der Waals surface area (Å²) in [5.41, 5.74) is 2.75. The molecular weight excluding hydrogens is 630 g/mol. The fourth-order valence-electron chi connectivity index (χ4n) is 6.25. The van der Waals surface area contributed by atoms with E-state index in [1.165, 1.54) is 0 Å². The van der Waals surface area contributed by atoms with Gasteiger partial charge in [0, 0.05) is 38.9 Å². The van der Waals surface area contributed by atoms with Crippen molar-refractivity contribution in [3.63, 3.8) is 0 Å². The van der Waals surface area contributed by atoms with Gasteiger partial charge in [-0.15, -0.1) is 0 Å². The highest BCUT2D eigenvalue weighted by atomic mass is 16.5. The quantitative estimate of drug-likeness (QED) is 0.175. The average molecular weight is 678 g/mol. The predicted molar refractivity (Wildman–Crippen MR) is 194 cm³/mol. The molecule has 4 aromatic carbocycles. The van der Waals surface area contributed by atoms with Gasteiger partial charge in [0.1, 0.15) is 18.4 Å². The molecule has 4 aromatic rings. The fourth-order valence-corrected chi connectivity index (χ4v) is 6.25. The molecule has 9 heteroatoms. The Hall–Kier alpha value is -4.99. The van der Waals surface area contributed by atoms with Crippen molar-refractivity contribution in [2.45, 2.75) is 57.2 Å². The first kappa shape index (κ1) is 36.3. The van der Waals surface area contributed by atoms with E-state index in [1.54, 1.807) is 9.80 Å². The lowest BCUT2D eigenvalue weighted by molar-refractivity contribution is -0.140. The first-order chi connectivity index (χ1) is 24.4. The van der Waals surface area contributed by atoms with Crippen LogP contribution in [0.3, 0.4) is 0 Å². The molecule has 9 nitrogen and oxygen atoms in total. The van der Waals surface area contributed by atoms with Crippen molar-refractivity contribution in [2.24, 2.45) is 0 Å². The Kier molecular flexibility index (Phi) is 13.6. The zero-order valence-electron chi connectivity index (χ0n) is 28.5.